The first-order valence-corrected chi connectivity index (χ1v) is 12.5. The number of fused-ring (bicyclic) bond motifs is 2. The zero-order chi connectivity index (χ0) is 23.9. The van der Waals surface area contributed by atoms with Crippen LogP contribution in [0.4, 0.5) is 0 Å². The molecule has 2 unspecified atom stereocenters. The van der Waals surface area contributed by atoms with Crippen molar-refractivity contribution < 1.29 is 27.5 Å². The molecule has 2 heterocycles. The second-order valence-corrected chi connectivity index (χ2v) is 10.5. The van der Waals surface area contributed by atoms with Gasteiger partial charge in [-0.25, -0.2) is 8.42 Å². The molecule has 2 atom stereocenters. The molecule has 2 aromatic rings. The largest absolute Gasteiger partial charge is 0.454 e. The Labute approximate surface area is 197 Å². The minimum absolute atomic E-state index is 0.0145. The Morgan fingerprint density at radius 3 is 2.47 bits per heavy atom. The van der Waals surface area contributed by atoms with E-state index in [1.807, 2.05) is 18.2 Å². The van der Waals surface area contributed by atoms with Gasteiger partial charge in [-0.1, -0.05) is 12.6 Å². The summed E-state index contributed by atoms with van der Waals surface area (Å²) in [6.45, 7) is 4.83. The van der Waals surface area contributed by atoms with Gasteiger partial charge >= 0.3 is 0 Å². The van der Waals surface area contributed by atoms with Crippen molar-refractivity contribution in [3.8, 4) is 11.5 Å². The van der Waals surface area contributed by atoms with Gasteiger partial charge in [0.1, 0.15) is 0 Å². The number of rotatable bonds is 8. The topological polar surface area (TPSA) is 114 Å². The summed E-state index contributed by atoms with van der Waals surface area (Å²) in [6.07, 6.45) is 1.85. The van der Waals surface area contributed by atoms with Crippen LogP contribution in [-0.4, -0.2) is 57.0 Å². The molecule has 9 nitrogen and oxygen atoms in total. The number of ether oxygens (including phenoxy) is 2. The standard InChI is InChI=1S/C24H25N3O6S/c1-2-22(28)26-23-18-12-27(13-19(18)23)34(30,31)17-6-4-16(5-7-17)24(29)25-10-9-15-3-8-20-21(11-15)33-14-32-20/h2-8,11,18-19,23H,1,9-10,12-14H2,(H,25,29)(H,26,28). The Morgan fingerprint density at radius 1 is 1.06 bits per heavy atom. The highest BCUT2D eigenvalue weighted by Gasteiger charge is 2.58. The highest BCUT2D eigenvalue weighted by Crippen LogP contribution is 2.47. The van der Waals surface area contributed by atoms with E-state index in [-0.39, 0.29) is 41.4 Å². The normalized spacial score (nSPS) is 22.6. The number of amides is 2. The highest BCUT2D eigenvalue weighted by atomic mass is 32.2. The number of nitrogens with one attached hydrogen (secondary N) is 2. The summed E-state index contributed by atoms with van der Waals surface area (Å²) in [4.78, 5) is 24.1. The van der Waals surface area contributed by atoms with Crippen LogP contribution >= 0.6 is 0 Å². The van der Waals surface area contributed by atoms with Crippen LogP contribution in [0.15, 0.2) is 60.0 Å². The van der Waals surface area contributed by atoms with Gasteiger partial charge in [0.2, 0.25) is 22.7 Å². The Morgan fingerprint density at radius 2 is 1.76 bits per heavy atom. The summed E-state index contributed by atoms with van der Waals surface area (Å²) in [5.74, 6) is 1.18. The molecule has 2 N–H and O–H groups in total. The summed E-state index contributed by atoms with van der Waals surface area (Å²) in [5.41, 5.74) is 1.40. The van der Waals surface area contributed by atoms with Gasteiger partial charge in [0.15, 0.2) is 11.5 Å². The van der Waals surface area contributed by atoms with E-state index in [1.54, 1.807) is 0 Å². The van der Waals surface area contributed by atoms with Crippen molar-refractivity contribution in [2.24, 2.45) is 11.8 Å². The Hall–Kier alpha value is -3.37. The maximum absolute atomic E-state index is 13.0. The van der Waals surface area contributed by atoms with Crippen LogP contribution in [0.1, 0.15) is 15.9 Å². The number of benzene rings is 2. The van der Waals surface area contributed by atoms with Crippen LogP contribution < -0.4 is 20.1 Å². The van der Waals surface area contributed by atoms with Crippen molar-refractivity contribution in [2.45, 2.75) is 17.4 Å². The first-order chi connectivity index (χ1) is 16.4. The summed E-state index contributed by atoms with van der Waals surface area (Å²) in [6, 6.07) is 11.6. The second-order valence-electron chi connectivity index (χ2n) is 8.61. The van der Waals surface area contributed by atoms with Gasteiger partial charge in [0.25, 0.3) is 5.91 Å². The fourth-order valence-electron chi connectivity index (χ4n) is 4.57. The molecule has 2 amide bonds. The van der Waals surface area contributed by atoms with Crippen LogP contribution in [0, 0.1) is 11.8 Å². The molecule has 178 valence electrons. The molecular formula is C24H25N3O6S. The molecule has 5 rings (SSSR count). The van der Waals surface area contributed by atoms with Gasteiger partial charge in [-0.15, -0.1) is 0 Å². The van der Waals surface area contributed by atoms with E-state index >= 15 is 0 Å². The van der Waals surface area contributed by atoms with Gasteiger partial charge in [-0.05, 0) is 66.3 Å². The molecule has 1 saturated carbocycles. The molecule has 1 saturated heterocycles. The number of nitrogens with zero attached hydrogens (tertiary/aromatic N) is 1. The molecule has 2 aromatic carbocycles. The van der Waals surface area contributed by atoms with Gasteiger partial charge in [-0.3, -0.25) is 9.59 Å². The highest BCUT2D eigenvalue weighted by molar-refractivity contribution is 7.89. The number of piperidine rings is 1. The Kier molecular flexibility index (Phi) is 5.78. The first kappa shape index (κ1) is 22.4. The zero-order valence-corrected chi connectivity index (χ0v) is 19.2. The Balaban J connectivity index is 1.13. The summed E-state index contributed by atoms with van der Waals surface area (Å²) in [5, 5.41) is 5.69. The number of sulfonamides is 1. The molecule has 0 spiro atoms. The summed E-state index contributed by atoms with van der Waals surface area (Å²) >= 11 is 0. The van der Waals surface area contributed by atoms with E-state index in [4.69, 9.17) is 9.47 Å². The average Bonchev–Trinajstić information content (AvgIpc) is 3.20. The lowest BCUT2D eigenvalue weighted by molar-refractivity contribution is -0.116. The maximum Gasteiger partial charge on any atom is 0.251 e. The molecule has 10 heteroatoms. The Bertz CT molecular complexity index is 1230. The molecule has 2 fully saturated rings. The van der Waals surface area contributed by atoms with Crippen LogP contribution in [0.2, 0.25) is 0 Å². The lowest BCUT2D eigenvalue weighted by Crippen LogP contribution is -2.37. The molecule has 0 radical (unpaired) electrons. The molecule has 34 heavy (non-hydrogen) atoms. The smallest absolute Gasteiger partial charge is 0.251 e. The van der Waals surface area contributed by atoms with Gasteiger partial charge in [0.05, 0.1) is 4.90 Å². The number of hydrogen-bond acceptors (Lipinski definition) is 6. The zero-order valence-electron chi connectivity index (χ0n) is 18.4. The first-order valence-electron chi connectivity index (χ1n) is 11.1. The lowest BCUT2D eigenvalue weighted by Gasteiger charge is -2.20. The van der Waals surface area contributed by atoms with Crippen molar-refractivity contribution in [1.29, 1.82) is 0 Å². The molecular weight excluding hydrogens is 458 g/mol. The van der Waals surface area contributed by atoms with Crippen molar-refractivity contribution in [3.63, 3.8) is 0 Å². The van der Waals surface area contributed by atoms with E-state index in [1.165, 1.54) is 34.6 Å². The number of carbonyl (C=O) groups is 2. The van der Waals surface area contributed by atoms with Gasteiger partial charge < -0.3 is 20.1 Å². The molecule has 2 aliphatic heterocycles. The fraction of sp³-hybridized carbons (Fsp3) is 0.333. The van der Waals surface area contributed by atoms with Gasteiger partial charge in [0, 0.05) is 31.2 Å². The lowest BCUT2D eigenvalue weighted by atomic mass is 10.1. The minimum Gasteiger partial charge on any atom is -0.454 e. The summed E-state index contributed by atoms with van der Waals surface area (Å²) < 4.78 is 38.1. The van der Waals surface area contributed by atoms with Crippen LogP contribution in [-0.2, 0) is 21.2 Å². The SMILES string of the molecule is C=CC(=O)NC1C2CN(S(=O)(=O)c3ccc(C(=O)NCCc4ccc5c(c4)OCO5)cc3)CC21. The van der Waals surface area contributed by atoms with E-state index in [0.717, 1.165) is 5.56 Å². The molecule has 3 aliphatic rings. The van der Waals surface area contributed by atoms with Gasteiger partial charge in [-0.2, -0.15) is 4.31 Å². The number of carbonyl (C=O) groups excluding carboxylic acids is 2. The van der Waals surface area contributed by atoms with E-state index in [9.17, 15) is 18.0 Å². The van der Waals surface area contributed by atoms with E-state index in [2.05, 4.69) is 17.2 Å². The van der Waals surface area contributed by atoms with Crippen molar-refractivity contribution in [3.05, 3.63) is 66.2 Å². The van der Waals surface area contributed by atoms with E-state index in [0.29, 0.717) is 43.1 Å². The summed E-state index contributed by atoms with van der Waals surface area (Å²) in [7, 11) is -3.65. The predicted molar refractivity (Wildman–Crippen MR) is 123 cm³/mol. The third kappa shape index (κ3) is 4.26. The van der Waals surface area contributed by atoms with Crippen molar-refractivity contribution in [1.82, 2.24) is 14.9 Å². The number of hydrogen-bond donors (Lipinski definition) is 2. The average molecular weight is 484 g/mol. The quantitative estimate of drug-likeness (QED) is 0.548. The van der Waals surface area contributed by atoms with Crippen molar-refractivity contribution >= 4 is 21.8 Å². The van der Waals surface area contributed by atoms with E-state index < -0.39 is 10.0 Å². The maximum atomic E-state index is 13.0. The fourth-order valence-corrected chi connectivity index (χ4v) is 6.08. The molecule has 1 aliphatic carbocycles. The second kappa shape index (κ2) is 8.77. The monoisotopic (exact) mass is 483 g/mol. The predicted octanol–water partition coefficient (Wildman–Crippen LogP) is 1.31. The van der Waals surface area contributed by atoms with Crippen LogP contribution in [0.25, 0.3) is 0 Å². The van der Waals surface area contributed by atoms with Crippen molar-refractivity contribution in [2.75, 3.05) is 26.4 Å². The third-order valence-corrected chi connectivity index (χ3v) is 8.39. The minimum atomic E-state index is -3.65. The van der Waals surface area contributed by atoms with Crippen LogP contribution in [0.3, 0.4) is 0 Å². The third-order valence-electron chi connectivity index (χ3n) is 6.55. The van der Waals surface area contributed by atoms with Crippen LogP contribution in [0.5, 0.6) is 11.5 Å². The molecule has 0 bridgehead atoms. The molecule has 0 aromatic heterocycles.